The summed E-state index contributed by atoms with van der Waals surface area (Å²) in [6.45, 7) is 10.0. The van der Waals surface area contributed by atoms with Crippen LogP contribution in [0.3, 0.4) is 0 Å². The Hall–Kier alpha value is -2.81. The van der Waals surface area contributed by atoms with Crippen molar-refractivity contribution in [2.24, 2.45) is 5.11 Å². The number of carbonyl (C=O) groups is 3. The number of amides is 2. The molecule has 0 saturated carbocycles. The third kappa shape index (κ3) is 54.0. The van der Waals surface area contributed by atoms with Crippen LogP contribution in [0.15, 0.2) is 5.11 Å². The summed E-state index contributed by atoms with van der Waals surface area (Å²) in [5.41, 5.74) is 8.16. The van der Waals surface area contributed by atoms with Gasteiger partial charge in [0.15, 0.2) is 0 Å². The van der Waals surface area contributed by atoms with Gasteiger partial charge in [0.2, 0.25) is 11.8 Å². The number of nitrogens with zero attached hydrogens (tertiary/aromatic N) is 3. The fraction of sp³-hybridized carbons (Fsp3) is 0.930. The highest BCUT2D eigenvalue weighted by molar-refractivity contribution is 7.85. The summed E-state index contributed by atoms with van der Waals surface area (Å²) in [4.78, 5) is 38.8. The van der Waals surface area contributed by atoms with E-state index in [1.165, 1.54) is 0 Å². The molecule has 0 spiro atoms. The van der Waals surface area contributed by atoms with Gasteiger partial charge in [-0.05, 0) is 24.8 Å². The second-order valence-corrected chi connectivity index (χ2v) is 16.5. The van der Waals surface area contributed by atoms with Crippen molar-refractivity contribution in [3.63, 3.8) is 0 Å². The van der Waals surface area contributed by atoms with Gasteiger partial charge in [0.1, 0.15) is 6.04 Å². The fourth-order valence-electron chi connectivity index (χ4n) is 5.76. The summed E-state index contributed by atoms with van der Waals surface area (Å²) in [6.07, 6.45) is 10.3. The molecule has 1 atom stereocenters. The van der Waals surface area contributed by atoms with Crippen molar-refractivity contribution in [2.75, 3.05) is 164 Å². The van der Waals surface area contributed by atoms with E-state index in [0.717, 1.165) is 57.8 Å². The van der Waals surface area contributed by atoms with E-state index in [1.807, 2.05) is 0 Å². The zero-order chi connectivity index (χ0) is 49.0. The van der Waals surface area contributed by atoms with Crippen molar-refractivity contribution in [2.45, 2.75) is 95.9 Å². The molecule has 0 saturated heterocycles. The molecule has 0 fully saturated rings. The molecular weight excluding hydrogens is 907 g/mol. The molecule has 0 aromatic carbocycles. The van der Waals surface area contributed by atoms with Gasteiger partial charge in [0, 0.05) is 30.8 Å². The summed E-state index contributed by atoms with van der Waals surface area (Å²) in [5.74, 6) is -2.02. The molecule has 0 bridgehead atoms. The van der Waals surface area contributed by atoms with Crippen LogP contribution in [0, 0.1) is 0 Å². The number of hydrogen-bond acceptors (Lipinski definition) is 17. The van der Waals surface area contributed by atoms with Crippen LogP contribution >= 0.6 is 0 Å². The Kier molecular flexibility index (Phi) is 48.9. The first-order valence-electron chi connectivity index (χ1n) is 23.8. The lowest BCUT2D eigenvalue weighted by atomic mass is 10.0. The van der Waals surface area contributed by atoms with Crippen LogP contribution in [0.1, 0.15) is 89.9 Å². The second-order valence-electron chi connectivity index (χ2n) is 15.0. The molecule has 23 nitrogen and oxygen atoms in total. The zero-order valence-corrected chi connectivity index (χ0v) is 40.6. The monoisotopic (exact) mass is 990 g/mol. The van der Waals surface area contributed by atoms with E-state index in [4.69, 9.17) is 62.2 Å². The quantitative estimate of drug-likeness (QED) is 0.0223. The number of azide groups is 1. The zero-order valence-electron chi connectivity index (χ0n) is 39.8. The van der Waals surface area contributed by atoms with E-state index in [1.54, 1.807) is 0 Å². The first-order valence-corrected chi connectivity index (χ1v) is 25.4. The highest BCUT2D eigenvalue weighted by Crippen LogP contribution is 2.12. The molecule has 67 heavy (non-hydrogen) atoms. The molecule has 24 heteroatoms. The molecule has 0 aliphatic carbocycles. The van der Waals surface area contributed by atoms with Gasteiger partial charge in [0.25, 0.3) is 10.1 Å². The summed E-state index contributed by atoms with van der Waals surface area (Å²) in [7, 11) is -3.86. The van der Waals surface area contributed by atoms with Crippen molar-refractivity contribution < 1.29 is 84.6 Å². The van der Waals surface area contributed by atoms with Crippen molar-refractivity contribution in [1.29, 1.82) is 0 Å². The minimum absolute atomic E-state index is 0.0148. The lowest BCUT2D eigenvalue weighted by molar-refractivity contribution is -0.142. The largest absolute Gasteiger partial charge is 0.480 e. The standard InChI is InChI=1S/C43H83N5O18S/c44-48-46-16-18-57-20-22-59-24-26-61-28-30-63-32-34-65-36-38-66-37-35-64-33-31-62-29-27-60-25-23-58-21-19-56-17-15-45-41(49)14-13-40(43(51)52)47-42(50)12-10-8-6-4-2-1-3-5-7-9-11-39-67(53,54)55/h40H,1-39H2,(H,45,49)(H,47,50)(H,51,52)(H,53,54,55). The molecule has 0 rings (SSSR count). The van der Waals surface area contributed by atoms with Crippen LogP contribution in [0.2, 0.25) is 0 Å². The molecule has 0 radical (unpaired) electrons. The Morgan fingerprint density at radius 3 is 1.15 bits per heavy atom. The summed E-state index contributed by atoms with van der Waals surface area (Å²) in [6, 6.07) is -1.14. The highest BCUT2D eigenvalue weighted by Gasteiger charge is 2.20. The third-order valence-corrected chi connectivity index (χ3v) is 10.1. The average molecular weight is 990 g/mol. The van der Waals surface area contributed by atoms with Crippen molar-refractivity contribution in [3.8, 4) is 0 Å². The van der Waals surface area contributed by atoms with Gasteiger partial charge in [-0.25, -0.2) is 4.79 Å². The predicted molar refractivity (Wildman–Crippen MR) is 247 cm³/mol. The molecule has 4 N–H and O–H groups in total. The Balaban J connectivity index is 3.41. The smallest absolute Gasteiger partial charge is 0.326 e. The number of ether oxygens (including phenoxy) is 11. The van der Waals surface area contributed by atoms with Gasteiger partial charge < -0.3 is 67.8 Å². The van der Waals surface area contributed by atoms with E-state index in [2.05, 4.69) is 20.7 Å². The van der Waals surface area contributed by atoms with Crippen LogP contribution in [-0.4, -0.2) is 206 Å². The lowest BCUT2D eigenvalue weighted by Gasteiger charge is -2.14. The molecule has 0 aliphatic rings. The first-order chi connectivity index (χ1) is 32.7. The average Bonchev–Trinajstić information content (AvgIpc) is 3.29. The van der Waals surface area contributed by atoms with Gasteiger partial charge in [-0.1, -0.05) is 62.9 Å². The highest BCUT2D eigenvalue weighted by atomic mass is 32.2. The van der Waals surface area contributed by atoms with Crippen LogP contribution in [0.25, 0.3) is 10.4 Å². The minimum Gasteiger partial charge on any atom is -0.480 e. The molecule has 1 unspecified atom stereocenters. The Morgan fingerprint density at radius 1 is 0.478 bits per heavy atom. The number of unbranched alkanes of at least 4 members (excludes halogenated alkanes) is 10. The number of carboxylic acid groups (broad SMARTS) is 1. The number of nitrogens with one attached hydrogen (secondary N) is 2. The van der Waals surface area contributed by atoms with Gasteiger partial charge in [-0.2, -0.15) is 8.42 Å². The van der Waals surface area contributed by atoms with Crippen molar-refractivity contribution in [1.82, 2.24) is 10.6 Å². The number of carboxylic acids is 1. The number of rotatable bonds is 55. The fourth-order valence-corrected chi connectivity index (χ4v) is 6.33. The summed E-state index contributed by atoms with van der Waals surface area (Å²) >= 11 is 0. The molecule has 2 amide bonds. The van der Waals surface area contributed by atoms with E-state index >= 15 is 0 Å². The molecular formula is C43H83N5O18S. The third-order valence-electron chi connectivity index (χ3n) is 9.29. The molecule has 394 valence electrons. The normalized spacial score (nSPS) is 12.0. The van der Waals surface area contributed by atoms with Crippen LogP contribution in [-0.2, 0) is 76.6 Å². The minimum atomic E-state index is -3.86. The number of aliphatic carboxylic acids is 1. The van der Waals surface area contributed by atoms with Gasteiger partial charge in [-0.3, -0.25) is 14.1 Å². The van der Waals surface area contributed by atoms with E-state index in [9.17, 15) is 27.9 Å². The predicted octanol–water partition coefficient (Wildman–Crippen LogP) is 3.51. The summed E-state index contributed by atoms with van der Waals surface area (Å²) < 4.78 is 89.9. The Labute approximate surface area is 397 Å². The molecule has 0 aliphatic heterocycles. The number of carbonyl (C=O) groups excluding carboxylic acids is 2. The lowest BCUT2D eigenvalue weighted by Crippen LogP contribution is -2.41. The number of hydrogen-bond donors (Lipinski definition) is 4. The SMILES string of the molecule is [N-]=[N+]=NCCOCCOCCOCCOCCOCCOCCOCCOCCOCCOCCOCCNC(=O)CCC(NC(=O)CCCCCCCCCCCCCS(=O)(=O)O)C(=O)O. The summed E-state index contributed by atoms with van der Waals surface area (Å²) in [5, 5.41) is 18.1. The van der Waals surface area contributed by atoms with Gasteiger partial charge in [0.05, 0.1) is 151 Å². The molecule has 0 heterocycles. The first kappa shape index (κ1) is 64.2. The van der Waals surface area contributed by atoms with Crippen LogP contribution < -0.4 is 10.6 Å². The maximum Gasteiger partial charge on any atom is 0.326 e. The van der Waals surface area contributed by atoms with E-state index in [-0.39, 0.29) is 50.0 Å². The Bertz CT molecular complexity index is 1300. The Morgan fingerprint density at radius 2 is 0.806 bits per heavy atom. The maximum absolute atomic E-state index is 12.3. The maximum atomic E-state index is 12.3. The van der Waals surface area contributed by atoms with E-state index < -0.39 is 22.1 Å². The molecule has 0 aromatic heterocycles. The van der Waals surface area contributed by atoms with Crippen LogP contribution in [0.5, 0.6) is 0 Å². The van der Waals surface area contributed by atoms with Gasteiger partial charge in [-0.15, -0.1) is 0 Å². The molecule has 0 aromatic rings. The van der Waals surface area contributed by atoms with E-state index in [0.29, 0.717) is 158 Å². The second kappa shape index (κ2) is 51.1. The van der Waals surface area contributed by atoms with Gasteiger partial charge >= 0.3 is 5.97 Å². The van der Waals surface area contributed by atoms with Crippen molar-refractivity contribution in [3.05, 3.63) is 10.4 Å². The topological polar surface area (TPSA) is 300 Å². The van der Waals surface area contributed by atoms with Crippen LogP contribution in [0.4, 0.5) is 0 Å². The van der Waals surface area contributed by atoms with Crippen molar-refractivity contribution >= 4 is 27.9 Å².